The van der Waals surface area contributed by atoms with Crippen LogP contribution in [0, 0.1) is 5.92 Å². The van der Waals surface area contributed by atoms with Gasteiger partial charge in [0.05, 0.1) is 5.56 Å². The molecule has 0 aromatic heterocycles. The van der Waals surface area contributed by atoms with Crippen LogP contribution < -0.4 is 16.8 Å². The predicted octanol–water partition coefficient (Wildman–Crippen LogP) is 1.38. The van der Waals surface area contributed by atoms with Crippen LogP contribution in [0.2, 0.25) is 0 Å². The van der Waals surface area contributed by atoms with E-state index in [9.17, 15) is 4.79 Å². The summed E-state index contributed by atoms with van der Waals surface area (Å²) in [5, 5.41) is 2.96. The van der Waals surface area contributed by atoms with Crippen molar-refractivity contribution < 1.29 is 4.79 Å². The van der Waals surface area contributed by atoms with E-state index in [4.69, 9.17) is 11.5 Å². The summed E-state index contributed by atoms with van der Waals surface area (Å²) < 4.78 is 0. The lowest BCUT2D eigenvalue weighted by atomic mass is 9.82. The molecule has 0 saturated heterocycles. The highest BCUT2D eigenvalue weighted by Gasteiger charge is 2.27. The zero-order valence-corrected chi connectivity index (χ0v) is 9.36. The van der Waals surface area contributed by atoms with Gasteiger partial charge in [-0.15, -0.1) is 0 Å². The number of nitrogen functional groups attached to an aromatic ring is 2. The number of amides is 1. The number of hydrogen-bond donors (Lipinski definition) is 3. The summed E-state index contributed by atoms with van der Waals surface area (Å²) in [5.74, 6) is 0.614. The second kappa shape index (κ2) is 4.04. The molecule has 4 nitrogen and oxygen atoms in total. The van der Waals surface area contributed by atoms with Gasteiger partial charge in [0.15, 0.2) is 0 Å². The first-order valence-electron chi connectivity index (χ1n) is 5.52. The summed E-state index contributed by atoms with van der Waals surface area (Å²) in [7, 11) is 0. The van der Waals surface area contributed by atoms with Gasteiger partial charge < -0.3 is 16.8 Å². The molecule has 4 heteroatoms. The van der Waals surface area contributed by atoms with E-state index in [0.29, 0.717) is 28.9 Å². The largest absolute Gasteiger partial charge is 0.399 e. The monoisotopic (exact) mass is 219 g/mol. The number of nitrogens with two attached hydrogens (primary N) is 2. The first kappa shape index (κ1) is 10.8. The zero-order valence-electron chi connectivity index (χ0n) is 9.36. The van der Waals surface area contributed by atoms with Crippen molar-refractivity contribution >= 4 is 17.3 Å². The van der Waals surface area contributed by atoms with Crippen LogP contribution in [0.4, 0.5) is 11.4 Å². The molecule has 1 aromatic rings. The molecule has 0 radical (unpaired) electrons. The Morgan fingerprint density at radius 3 is 2.62 bits per heavy atom. The number of benzene rings is 1. The highest BCUT2D eigenvalue weighted by Crippen LogP contribution is 2.27. The van der Waals surface area contributed by atoms with Gasteiger partial charge in [-0.05, 0) is 37.0 Å². The SMILES string of the molecule is CC1CC(NC(=O)c2ccc(N)cc2N)C1. The molecule has 1 amide bonds. The molecule has 0 spiro atoms. The maximum atomic E-state index is 11.9. The molecule has 0 unspecified atom stereocenters. The van der Waals surface area contributed by atoms with Crippen LogP contribution in [-0.2, 0) is 0 Å². The van der Waals surface area contributed by atoms with E-state index >= 15 is 0 Å². The van der Waals surface area contributed by atoms with Gasteiger partial charge in [-0.2, -0.15) is 0 Å². The minimum Gasteiger partial charge on any atom is -0.399 e. The standard InChI is InChI=1S/C12H17N3O/c1-7-4-9(5-7)15-12(16)10-3-2-8(13)6-11(10)14/h2-3,6-7,9H,4-5,13-14H2,1H3,(H,15,16). The average molecular weight is 219 g/mol. The molecule has 0 aliphatic heterocycles. The second-order valence-corrected chi connectivity index (χ2v) is 4.59. The van der Waals surface area contributed by atoms with E-state index in [0.717, 1.165) is 12.8 Å². The Kier molecular flexibility index (Phi) is 2.73. The average Bonchev–Trinajstić information content (AvgIpc) is 2.15. The van der Waals surface area contributed by atoms with Crippen molar-refractivity contribution in [2.45, 2.75) is 25.8 Å². The van der Waals surface area contributed by atoms with Gasteiger partial charge in [0.2, 0.25) is 0 Å². The summed E-state index contributed by atoms with van der Waals surface area (Å²) in [6, 6.07) is 5.27. The fourth-order valence-corrected chi connectivity index (χ4v) is 2.07. The first-order chi connectivity index (χ1) is 7.56. The van der Waals surface area contributed by atoms with Gasteiger partial charge in [0.1, 0.15) is 0 Å². The van der Waals surface area contributed by atoms with Gasteiger partial charge in [-0.1, -0.05) is 6.92 Å². The van der Waals surface area contributed by atoms with Crippen LogP contribution in [-0.4, -0.2) is 11.9 Å². The molecule has 1 aromatic carbocycles. The maximum Gasteiger partial charge on any atom is 0.253 e. The lowest BCUT2D eigenvalue weighted by molar-refractivity contribution is 0.0897. The quantitative estimate of drug-likeness (QED) is 0.657. The molecule has 1 saturated carbocycles. The number of carbonyl (C=O) groups excluding carboxylic acids is 1. The van der Waals surface area contributed by atoms with Crippen LogP contribution >= 0.6 is 0 Å². The molecule has 5 N–H and O–H groups in total. The highest BCUT2D eigenvalue weighted by molar-refractivity contribution is 5.99. The van der Waals surface area contributed by atoms with Crippen molar-refractivity contribution in [1.82, 2.24) is 5.32 Å². The summed E-state index contributed by atoms with van der Waals surface area (Å²) in [6.07, 6.45) is 2.11. The molecule has 1 fully saturated rings. The van der Waals surface area contributed by atoms with Gasteiger partial charge in [0, 0.05) is 17.4 Å². The van der Waals surface area contributed by atoms with Crippen LogP contribution in [0.25, 0.3) is 0 Å². The molecule has 16 heavy (non-hydrogen) atoms. The Balaban J connectivity index is 2.03. The normalized spacial score (nSPS) is 23.6. The van der Waals surface area contributed by atoms with Crippen molar-refractivity contribution in [2.24, 2.45) is 5.92 Å². The maximum absolute atomic E-state index is 11.9. The topological polar surface area (TPSA) is 81.1 Å². The highest BCUT2D eigenvalue weighted by atomic mass is 16.1. The Hall–Kier alpha value is -1.71. The fourth-order valence-electron chi connectivity index (χ4n) is 2.07. The number of rotatable bonds is 2. The first-order valence-corrected chi connectivity index (χ1v) is 5.52. The summed E-state index contributed by atoms with van der Waals surface area (Å²) in [5.41, 5.74) is 12.8. The Labute approximate surface area is 95.0 Å². The minimum absolute atomic E-state index is 0.102. The third-order valence-corrected chi connectivity index (χ3v) is 3.03. The number of nitrogens with one attached hydrogen (secondary N) is 1. The molecular weight excluding hydrogens is 202 g/mol. The van der Waals surface area contributed by atoms with Gasteiger partial charge in [-0.25, -0.2) is 0 Å². The van der Waals surface area contributed by atoms with E-state index < -0.39 is 0 Å². The lowest BCUT2D eigenvalue weighted by Crippen LogP contribution is -2.43. The molecule has 0 atom stereocenters. The Bertz CT molecular complexity index is 411. The van der Waals surface area contributed by atoms with Crippen molar-refractivity contribution in [1.29, 1.82) is 0 Å². The third-order valence-electron chi connectivity index (χ3n) is 3.03. The Morgan fingerprint density at radius 1 is 1.38 bits per heavy atom. The van der Waals surface area contributed by atoms with E-state index in [1.807, 2.05) is 0 Å². The van der Waals surface area contributed by atoms with E-state index in [-0.39, 0.29) is 5.91 Å². The molecular formula is C12H17N3O. The van der Waals surface area contributed by atoms with E-state index in [1.165, 1.54) is 0 Å². The third kappa shape index (κ3) is 2.10. The molecule has 86 valence electrons. The molecule has 0 heterocycles. The van der Waals surface area contributed by atoms with Crippen molar-refractivity contribution in [2.75, 3.05) is 11.5 Å². The summed E-state index contributed by atoms with van der Waals surface area (Å²) in [6.45, 7) is 2.18. The molecule has 2 rings (SSSR count). The fraction of sp³-hybridized carbons (Fsp3) is 0.417. The Morgan fingerprint density at radius 2 is 2.06 bits per heavy atom. The van der Waals surface area contributed by atoms with E-state index in [1.54, 1.807) is 18.2 Å². The van der Waals surface area contributed by atoms with E-state index in [2.05, 4.69) is 12.2 Å². The number of anilines is 2. The smallest absolute Gasteiger partial charge is 0.253 e. The zero-order chi connectivity index (χ0) is 11.7. The summed E-state index contributed by atoms with van der Waals surface area (Å²) in [4.78, 5) is 11.9. The summed E-state index contributed by atoms with van der Waals surface area (Å²) >= 11 is 0. The molecule has 1 aliphatic rings. The minimum atomic E-state index is -0.102. The number of carbonyl (C=O) groups is 1. The van der Waals surface area contributed by atoms with Crippen molar-refractivity contribution in [3.8, 4) is 0 Å². The van der Waals surface area contributed by atoms with Crippen LogP contribution in [0.5, 0.6) is 0 Å². The van der Waals surface area contributed by atoms with Crippen molar-refractivity contribution in [3.05, 3.63) is 23.8 Å². The lowest BCUT2D eigenvalue weighted by Gasteiger charge is -2.33. The molecule has 1 aliphatic carbocycles. The van der Waals surface area contributed by atoms with Gasteiger partial charge in [0.25, 0.3) is 5.91 Å². The van der Waals surface area contributed by atoms with Gasteiger partial charge in [-0.3, -0.25) is 4.79 Å². The van der Waals surface area contributed by atoms with Crippen LogP contribution in [0.3, 0.4) is 0 Å². The van der Waals surface area contributed by atoms with Crippen LogP contribution in [0.15, 0.2) is 18.2 Å². The predicted molar refractivity (Wildman–Crippen MR) is 64.9 cm³/mol. The molecule has 0 bridgehead atoms. The van der Waals surface area contributed by atoms with Crippen LogP contribution in [0.1, 0.15) is 30.1 Å². The van der Waals surface area contributed by atoms with Gasteiger partial charge >= 0.3 is 0 Å². The van der Waals surface area contributed by atoms with Crippen molar-refractivity contribution in [3.63, 3.8) is 0 Å². The number of hydrogen-bond acceptors (Lipinski definition) is 3. The second-order valence-electron chi connectivity index (χ2n) is 4.59.